The molecule has 1 fully saturated rings. The quantitative estimate of drug-likeness (QED) is 0.475. The molecule has 7 nitrogen and oxygen atoms in total. The van der Waals surface area contributed by atoms with Gasteiger partial charge in [-0.15, -0.1) is 0 Å². The Hall–Kier alpha value is -3.00. The summed E-state index contributed by atoms with van der Waals surface area (Å²) in [5, 5.41) is 15.0. The number of carboxylic acids is 1. The first-order valence-electron chi connectivity index (χ1n) is 12.1. The van der Waals surface area contributed by atoms with Gasteiger partial charge < -0.3 is 20.5 Å². The van der Waals surface area contributed by atoms with Crippen LogP contribution in [-0.4, -0.2) is 53.8 Å². The molecule has 0 bridgehead atoms. The van der Waals surface area contributed by atoms with Crippen molar-refractivity contribution in [3.05, 3.63) is 59.7 Å². The molecule has 0 aromatic heterocycles. The summed E-state index contributed by atoms with van der Waals surface area (Å²) in [6.45, 7) is 0.208. The average Bonchev–Trinajstić information content (AvgIpc) is 3.19. The summed E-state index contributed by atoms with van der Waals surface area (Å²) in [4.78, 5) is 37.3. The van der Waals surface area contributed by atoms with Crippen LogP contribution < -0.4 is 10.6 Å². The van der Waals surface area contributed by atoms with E-state index in [0.717, 1.165) is 35.1 Å². The van der Waals surface area contributed by atoms with E-state index in [0.29, 0.717) is 25.0 Å². The molecule has 0 aliphatic heterocycles. The highest BCUT2D eigenvalue weighted by Gasteiger charge is 2.35. The van der Waals surface area contributed by atoms with Crippen molar-refractivity contribution in [1.29, 1.82) is 0 Å². The molecule has 35 heavy (non-hydrogen) atoms. The van der Waals surface area contributed by atoms with Crippen LogP contribution in [0, 0.1) is 5.92 Å². The lowest BCUT2D eigenvalue weighted by Crippen LogP contribution is -2.52. The fourth-order valence-electron chi connectivity index (χ4n) is 5.18. The molecule has 0 spiro atoms. The number of ether oxygens (including phenoxy) is 1. The Bertz CT molecular complexity index is 1030. The third kappa shape index (κ3) is 5.81. The van der Waals surface area contributed by atoms with Crippen molar-refractivity contribution in [2.24, 2.45) is 5.92 Å². The Balaban J connectivity index is 1.37. The number of alkyl carbamates (subject to hydrolysis) is 1. The highest BCUT2D eigenvalue weighted by atomic mass is 32.2. The van der Waals surface area contributed by atoms with E-state index in [1.54, 1.807) is 0 Å². The van der Waals surface area contributed by atoms with Gasteiger partial charge >= 0.3 is 12.1 Å². The zero-order chi connectivity index (χ0) is 24.8. The van der Waals surface area contributed by atoms with Crippen LogP contribution in [0.5, 0.6) is 0 Å². The minimum Gasteiger partial charge on any atom is -0.480 e. The summed E-state index contributed by atoms with van der Waals surface area (Å²) in [5.74, 6) is -1.22. The molecule has 3 N–H and O–H groups in total. The van der Waals surface area contributed by atoms with Crippen molar-refractivity contribution in [3.63, 3.8) is 0 Å². The Morgan fingerprint density at radius 3 is 2.29 bits per heavy atom. The maximum absolute atomic E-state index is 12.9. The molecule has 2 aromatic carbocycles. The number of benzene rings is 2. The second-order valence-electron chi connectivity index (χ2n) is 9.15. The van der Waals surface area contributed by atoms with Crippen LogP contribution in [-0.2, 0) is 14.3 Å². The van der Waals surface area contributed by atoms with Crippen molar-refractivity contribution in [2.75, 3.05) is 18.6 Å². The lowest BCUT2D eigenvalue weighted by Gasteiger charge is -2.31. The minimum atomic E-state index is -1.04. The third-order valence-electron chi connectivity index (χ3n) is 6.97. The lowest BCUT2D eigenvalue weighted by molar-refractivity contribution is -0.142. The van der Waals surface area contributed by atoms with E-state index in [1.165, 1.54) is 11.8 Å². The Labute approximate surface area is 210 Å². The second kappa shape index (κ2) is 11.6. The molecule has 4 rings (SSSR count). The molecule has 2 amide bonds. The Kier molecular flexibility index (Phi) is 8.33. The van der Waals surface area contributed by atoms with E-state index in [-0.39, 0.29) is 24.5 Å². The molecule has 0 saturated heterocycles. The Morgan fingerprint density at radius 2 is 1.66 bits per heavy atom. The average molecular weight is 497 g/mol. The smallest absolute Gasteiger partial charge is 0.407 e. The van der Waals surface area contributed by atoms with Crippen molar-refractivity contribution >= 4 is 29.7 Å². The largest absolute Gasteiger partial charge is 0.480 e. The van der Waals surface area contributed by atoms with Crippen LogP contribution in [0.2, 0.25) is 0 Å². The van der Waals surface area contributed by atoms with Crippen molar-refractivity contribution in [1.82, 2.24) is 10.6 Å². The first-order chi connectivity index (χ1) is 17.0. The third-order valence-corrected chi connectivity index (χ3v) is 7.62. The predicted molar refractivity (Wildman–Crippen MR) is 137 cm³/mol. The number of hydrogen-bond donors (Lipinski definition) is 3. The van der Waals surface area contributed by atoms with Crippen LogP contribution in [0.3, 0.4) is 0 Å². The molecular formula is C27H32N2O5S. The number of aliphatic carboxylic acids is 1. The molecular weight excluding hydrogens is 464 g/mol. The number of rotatable bonds is 9. The monoisotopic (exact) mass is 496 g/mol. The van der Waals surface area contributed by atoms with Gasteiger partial charge in [0.05, 0.1) is 5.92 Å². The normalized spacial score (nSPS) is 19.8. The second-order valence-corrected chi connectivity index (χ2v) is 10.1. The summed E-state index contributed by atoms with van der Waals surface area (Å²) in [6, 6.07) is 15.0. The minimum absolute atomic E-state index is 0.0358. The number of fused-ring (bicyclic) bond motifs is 3. The number of carboxylic acid groups (broad SMARTS) is 1. The van der Waals surface area contributed by atoms with Gasteiger partial charge in [-0.3, -0.25) is 4.79 Å². The predicted octanol–water partition coefficient (Wildman–Crippen LogP) is 4.41. The maximum atomic E-state index is 12.9. The van der Waals surface area contributed by atoms with Gasteiger partial charge in [0.1, 0.15) is 12.6 Å². The number of nitrogens with one attached hydrogen (secondary N) is 2. The van der Waals surface area contributed by atoms with E-state index in [9.17, 15) is 19.5 Å². The summed E-state index contributed by atoms with van der Waals surface area (Å²) >= 11 is 1.54. The van der Waals surface area contributed by atoms with Crippen LogP contribution in [0.15, 0.2) is 48.5 Å². The summed E-state index contributed by atoms with van der Waals surface area (Å²) in [7, 11) is 0. The van der Waals surface area contributed by atoms with Gasteiger partial charge in [0.2, 0.25) is 5.91 Å². The first kappa shape index (κ1) is 25.1. The fraction of sp³-hybridized carbons (Fsp3) is 0.444. The standard InChI is InChI=1S/C27H32N2O5S/c1-35-15-14-24(26(31)32)28-25(30)21-12-6-7-13-23(21)29-27(33)34-16-22-19-10-4-2-8-17(19)18-9-3-5-11-20(18)22/h2-5,8-11,21-24H,6-7,12-16H2,1H3,(H,28,30)(H,29,33)(H,31,32). The summed E-state index contributed by atoms with van der Waals surface area (Å²) in [6.07, 6.45) is 4.74. The molecule has 2 aromatic rings. The molecule has 2 aliphatic rings. The highest BCUT2D eigenvalue weighted by Crippen LogP contribution is 2.44. The molecule has 186 valence electrons. The lowest BCUT2D eigenvalue weighted by atomic mass is 9.83. The van der Waals surface area contributed by atoms with E-state index in [2.05, 4.69) is 34.9 Å². The van der Waals surface area contributed by atoms with Crippen molar-refractivity contribution in [2.45, 2.75) is 50.1 Å². The highest BCUT2D eigenvalue weighted by molar-refractivity contribution is 7.98. The van der Waals surface area contributed by atoms with Gasteiger partial charge in [0.25, 0.3) is 0 Å². The van der Waals surface area contributed by atoms with E-state index in [1.807, 2.05) is 30.5 Å². The van der Waals surface area contributed by atoms with E-state index < -0.39 is 24.0 Å². The zero-order valence-electron chi connectivity index (χ0n) is 19.9. The van der Waals surface area contributed by atoms with Gasteiger partial charge in [-0.1, -0.05) is 61.4 Å². The van der Waals surface area contributed by atoms with Gasteiger partial charge in [-0.25, -0.2) is 9.59 Å². The molecule has 1 saturated carbocycles. The van der Waals surface area contributed by atoms with Crippen LogP contribution in [0.25, 0.3) is 11.1 Å². The SMILES string of the molecule is CSCCC(NC(=O)C1CCCCC1NC(=O)OCC1c2ccccc2-c2ccccc21)C(=O)O. The number of carbonyl (C=O) groups excluding carboxylic acids is 2. The van der Waals surface area contributed by atoms with E-state index in [4.69, 9.17) is 4.74 Å². The molecule has 8 heteroatoms. The van der Waals surface area contributed by atoms with Crippen LogP contribution in [0.1, 0.15) is 49.1 Å². The zero-order valence-corrected chi connectivity index (χ0v) is 20.7. The topological polar surface area (TPSA) is 105 Å². The molecule has 2 aliphatic carbocycles. The van der Waals surface area contributed by atoms with Gasteiger partial charge in [-0.05, 0) is 53.5 Å². The van der Waals surface area contributed by atoms with Crippen LogP contribution in [0.4, 0.5) is 4.79 Å². The Morgan fingerprint density at radius 1 is 1.03 bits per heavy atom. The van der Waals surface area contributed by atoms with Gasteiger partial charge in [0, 0.05) is 12.0 Å². The van der Waals surface area contributed by atoms with Crippen molar-refractivity contribution < 1.29 is 24.2 Å². The van der Waals surface area contributed by atoms with Crippen LogP contribution >= 0.6 is 11.8 Å². The molecule has 0 heterocycles. The molecule has 3 unspecified atom stereocenters. The maximum Gasteiger partial charge on any atom is 0.407 e. The number of amides is 2. The van der Waals surface area contributed by atoms with Gasteiger partial charge in [-0.2, -0.15) is 11.8 Å². The molecule has 0 radical (unpaired) electrons. The number of hydrogen-bond acceptors (Lipinski definition) is 5. The first-order valence-corrected chi connectivity index (χ1v) is 13.5. The van der Waals surface area contributed by atoms with Gasteiger partial charge in [0.15, 0.2) is 0 Å². The number of carbonyl (C=O) groups is 3. The summed E-state index contributed by atoms with van der Waals surface area (Å²) in [5.41, 5.74) is 4.61. The summed E-state index contributed by atoms with van der Waals surface area (Å²) < 4.78 is 5.66. The molecule has 3 atom stereocenters. The van der Waals surface area contributed by atoms with Crippen molar-refractivity contribution in [3.8, 4) is 11.1 Å². The number of thioether (sulfide) groups is 1. The van der Waals surface area contributed by atoms with E-state index >= 15 is 0 Å². The fourth-order valence-corrected chi connectivity index (χ4v) is 5.65.